The number of aryl methyl sites for hydroxylation is 1. The van der Waals surface area contributed by atoms with Crippen molar-refractivity contribution >= 4 is 22.8 Å². The predicted molar refractivity (Wildman–Crippen MR) is 141 cm³/mol. The quantitative estimate of drug-likeness (QED) is 0.503. The van der Waals surface area contributed by atoms with Gasteiger partial charge in [-0.1, -0.05) is 0 Å². The van der Waals surface area contributed by atoms with Crippen LogP contribution in [-0.4, -0.2) is 89.0 Å². The van der Waals surface area contributed by atoms with Gasteiger partial charge in [-0.15, -0.1) is 0 Å². The lowest BCUT2D eigenvalue weighted by Crippen LogP contribution is -2.46. The molecule has 1 aromatic carbocycles. The zero-order valence-corrected chi connectivity index (χ0v) is 22.6. The Morgan fingerprint density at radius 1 is 1.11 bits per heavy atom. The average molecular weight is 527 g/mol. The fourth-order valence-corrected chi connectivity index (χ4v) is 5.09. The largest absolute Gasteiger partial charge is 0.467 e. The Balaban J connectivity index is 1.45. The minimum Gasteiger partial charge on any atom is -0.467 e. The molecule has 0 aliphatic carbocycles. The number of piperidine rings is 1. The first-order chi connectivity index (χ1) is 18.1. The van der Waals surface area contributed by atoms with Crippen molar-refractivity contribution in [3.8, 4) is 11.8 Å². The second-order valence-corrected chi connectivity index (χ2v) is 10.8. The Labute approximate surface area is 221 Å². The molecule has 3 aromatic rings. The minimum absolute atomic E-state index is 0.00232. The summed E-state index contributed by atoms with van der Waals surface area (Å²) >= 11 is 0. The van der Waals surface area contributed by atoms with E-state index in [9.17, 15) is 4.79 Å². The summed E-state index contributed by atoms with van der Waals surface area (Å²) in [6.07, 6.45) is 0.602. The summed E-state index contributed by atoms with van der Waals surface area (Å²) in [6, 6.07) is 6.17. The van der Waals surface area contributed by atoms with Gasteiger partial charge < -0.3 is 24.0 Å². The number of morpholine rings is 1. The number of likely N-dealkylation sites (tertiary alicyclic amines) is 1. The van der Waals surface area contributed by atoms with E-state index in [0.29, 0.717) is 32.0 Å². The van der Waals surface area contributed by atoms with Gasteiger partial charge in [0, 0.05) is 37.0 Å². The fourth-order valence-electron chi connectivity index (χ4n) is 5.09. The van der Waals surface area contributed by atoms with Crippen LogP contribution in [0.1, 0.15) is 44.2 Å². The van der Waals surface area contributed by atoms with E-state index in [1.165, 1.54) is 12.0 Å². The summed E-state index contributed by atoms with van der Waals surface area (Å²) in [6.45, 7) is 10.6. The molecule has 2 fully saturated rings. The third-order valence-electron chi connectivity index (χ3n) is 6.96. The number of nitrogens with zero attached hydrogens (tertiary/aromatic N) is 6. The molecular weight excluding hydrogens is 491 g/mol. The summed E-state index contributed by atoms with van der Waals surface area (Å²) in [7, 11) is 1.54. The van der Waals surface area contributed by atoms with Crippen molar-refractivity contribution in [3.05, 3.63) is 35.5 Å². The Kier molecular flexibility index (Phi) is 7.13. The predicted octanol–water partition coefficient (Wildman–Crippen LogP) is 4.03. The normalized spacial score (nSPS) is 20.6. The van der Waals surface area contributed by atoms with E-state index < -0.39 is 17.9 Å². The number of halogens is 1. The minimum atomic E-state index is -1.21. The number of methoxy groups -OCH3 is 1. The topological polar surface area (TPSA) is 94.8 Å². The summed E-state index contributed by atoms with van der Waals surface area (Å²) in [4.78, 5) is 25.2. The SMILES string of the molecule is COc1nc(N2CCOCC2)cc(-n2ncc3cc(C)c([C@@H]4CCN(C(=O)OC(C)(C)C)C[C@@H]4F)cc32)n1. The average Bonchev–Trinajstić information content (AvgIpc) is 3.30. The van der Waals surface area contributed by atoms with Gasteiger partial charge in [0.25, 0.3) is 0 Å². The fraction of sp³-hybridized carbons (Fsp3) is 0.556. The third-order valence-corrected chi connectivity index (χ3v) is 6.96. The van der Waals surface area contributed by atoms with Crippen LogP contribution in [0.25, 0.3) is 16.7 Å². The number of aromatic nitrogens is 4. The number of amides is 1. The summed E-state index contributed by atoms with van der Waals surface area (Å²) in [5.41, 5.74) is 2.10. The van der Waals surface area contributed by atoms with Gasteiger partial charge in [-0.05, 0) is 57.4 Å². The third kappa shape index (κ3) is 5.38. The number of fused-ring (bicyclic) bond motifs is 1. The number of anilines is 1. The van der Waals surface area contributed by atoms with Crippen LogP contribution in [0.2, 0.25) is 0 Å². The molecule has 1 amide bonds. The van der Waals surface area contributed by atoms with E-state index in [1.54, 1.807) is 10.9 Å². The molecule has 0 radical (unpaired) electrons. The lowest BCUT2D eigenvalue weighted by Gasteiger charge is -2.36. The molecular formula is C27H35FN6O4. The van der Waals surface area contributed by atoms with Crippen LogP contribution in [0.15, 0.2) is 24.4 Å². The summed E-state index contributed by atoms with van der Waals surface area (Å²) < 4.78 is 33.6. The van der Waals surface area contributed by atoms with Gasteiger partial charge in [0.1, 0.15) is 17.6 Å². The maximum Gasteiger partial charge on any atom is 0.410 e. The first-order valence-electron chi connectivity index (χ1n) is 13.0. The molecule has 0 unspecified atom stereocenters. The maximum absolute atomic E-state index is 15.5. The van der Waals surface area contributed by atoms with Gasteiger partial charge in [0.05, 0.1) is 38.6 Å². The Hall–Kier alpha value is -3.47. The molecule has 11 heteroatoms. The molecule has 204 valence electrons. The molecule has 38 heavy (non-hydrogen) atoms. The van der Waals surface area contributed by atoms with E-state index in [0.717, 1.165) is 40.9 Å². The Morgan fingerprint density at radius 2 is 1.84 bits per heavy atom. The summed E-state index contributed by atoms with van der Waals surface area (Å²) in [5.74, 6) is 0.967. The molecule has 0 saturated carbocycles. The van der Waals surface area contributed by atoms with Crippen LogP contribution in [0.5, 0.6) is 6.01 Å². The van der Waals surface area contributed by atoms with Crippen LogP contribution >= 0.6 is 0 Å². The molecule has 0 bridgehead atoms. The van der Waals surface area contributed by atoms with Crippen LogP contribution < -0.4 is 9.64 Å². The van der Waals surface area contributed by atoms with Crippen molar-refractivity contribution in [2.45, 2.75) is 51.8 Å². The van der Waals surface area contributed by atoms with Gasteiger partial charge in [-0.25, -0.2) is 13.9 Å². The molecule has 0 spiro atoms. The first-order valence-corrected chi connectivity index (χ1v) is 13.0. The lowest BCUT2D eigenvalue weighted by molar-refractivity contribution is 0.0111. The highest BCUT2D eigenvalue weighted by Gasteiger charge is 2.35. The zero-order chi connectivity index (χ0) is 27.0. The lowest BCUT2D eigenvalue weighted by atomic mass is 9.85. The molecule has 2 aliphatic heterocycles. The highest BCUT2D eigenvalue weighted by molar-refractivity contribution is 5.82. The van der Waals surface area contributed by atoms with Crippen molar-refractivity contribution in [1.82, 2.24) is 24.6 Å². The monoisotopic (exact) mass is 526 g/mol. The number of rotatable bonds is 4. The van der Waals surface area contributed by atoms with Crippen LogP contribution in [0.4, 0.5) is 15.0 Å². The van der Waals surface area contributed by atoms with Gasteiger partial charge >= 0.3 is 12.1 Å². The molecule has 10 nitrogen and oxygen atoms in total. The number of carbonyl (C=O) groups is 1. The van der Waals surface area contributed by atoms with E-state index in [2.05, 4.69) is 20.0 Å². The number of ether oxygens (including phenoxy) is 3. The molecule has 2 aliphatic rings. The van der Waals surface area contributed by atoms with Gasteiger partial charge in [0.15, 0.2) is 5.82 Å². The van der Waals surface area contributed by atoms with Crippen molar-refractivity contribution in [3.63, 3.8) is 0 Å². The second kappa shape index (κ2) is 10.4. The molecule has 4 heterocycles. The van der Waals surface area contributed by atoms with E-state index in [1.807, 2.05) is 45.9 Å². The second-order valence-electron chi connectivity index (χ2n) is 10.8. The number of alkyl halides is 1. The van der Waals surface area contributed by atoms with Crippen LogP contribution in [0, 0.1) is 6.92 Å². The smallest absolute Gasteiger partial charge is 0.410 e. The van der Waals surface area contributed by atoms with E-state index in [-0.39, 0.29) is 18.5 Å². The van der Waals surface area contributed by atoms with Crippen molar-refractivity contribution in [1.29, 1.82) is 0 Å². The highest BCUT2D eigenvalue weighted by atomic mass is 19.1. The Morgan fingerprint density at radius 3 is 2.53 bits per heavy atom. The molecule has 0 N–H and O–H groups in total. The van der Waals surface area contributed by atoms with Crippen LogP contribution in [0.3, 0.4) is 0 Å². The number of benzene rings is 1. The van der Waals surface area contributed by atoms with Crippen molar-refractivity contribution < 1.29 is 23.4 Å². The van der Waals surface area contributed by atoms with Gasteiger partial charge in [0.2, 0.25) is 0 Å². The van der Waals surface area contributed by atoms with E-state index in [4.69, 9.17) is 14.2 Å². The van der Waals surface area contributed by atoms with E-state index >= 15 is 4.39 Å². The molecule has 2 aromatic heterocycles. The zero-order valence-electron chi connectivity index (χ0n) is 22.6. The molecule has 2 atom stereocenters. The molecule has 5 rings (SSSR count). The first kappa shape index (κ1) is 26.1. The van der Waals surface area contributed by atoms with Gasteiger partial charge in [-0.2, -0.15) is 15.1 Å². The van der Waals surface area contributed by atoms with Crippen molar-refractivity contribution in [2.75, 3.05) is 51.4 Å². The number of hydrogen-bond donors (Lipinski definition) is 0. The maximum atomic E-state index is 15.5. The van der Waals surface area contributed by atoms with Crippen molar-refractivity contribution in [2.24, 2.45) is 0 Å². The highest BCUT2D eigenvalue weighted by Crippen LogP contribution is 2.35. The standard InChI is InChI=1S/C27H35FN6O4/c1-17-12-18-15-29-34(24-14-23(30-25(31-24)36-5)32-8-10-37-11-9-32)22(18)13-20(17)19-6-7-33(16-21(19)28)26(35)38-27(2,3)4/h12-15,19,21H,6-11,16H2,1-5H3/t19-,21-/m0/s1. The van der Waals surface area contributed by atoms with Gasteiger partial charge in [-0.3, -0.25) is 0 Å². The number of hydrogen-bond acceptors (Lipinski definition) is 8. The Bertz CT molecular complexity index is 1320. The molecule has 2 saturated heterocycles. The van der Waals surface area contributed by atoms with Crippen LogP contribution in [-0.2, 0) is 9.47 Å². The number of carbonyl (C=O) groups excluding carboxylic acids is 1. The summed E-state index contributed by atoms with van der Waals surface area (Å²) in [5, 5.41) is 5.54.